The maximum Gasteiger partial charge on any atom is 0.0380 e. The van der Waals surface area contributed by atoms with Crippen LogP contribution in [-0.2, 0) is 0 Å². The highest BCUT2D eigenvalue weighted by Gasteiger charge is 1.95. The van der Waals surface area contributed by atoms with Crippen LogP contribution in [0.2, 0.25) is 0 Å². The third kappa shape index (κ3) is 24.5. The minimum absolute atomic E-state index is 0. The van der Waals surface area contributed by atoms with E-state index in [-0.39, 0.29) is 23.5 Å². The van der Waals surface area contributed by atoms with Gasteiger partial charge in [-0.05, 0) is 153 Å². The van der Waals surface area contributed by atoms with E-state index in [4.69, 9.17) is 63.1 Å². The Labute approximate surface area is 362 Å². The van der Waals surface area contributed by atoms with Crippen LogP contribution in [0.1, 0.15) is 27.8 Å². The van der Waals surface area contributed by atoms with Crippen molar-refractivity contribution in [3.05, 3.63) is 141 Å². The lowest BCUT2D eigenvalue weighted by molar-refractivity contribution is 1.11. The van der Waals surface area contributed by atoms with Crippen LogP contribution in [0.15, 0.2) is 138 Å². The van der Waals surface area contributed by atoms with E-state index in [0.717, 1.165) is 46.8 Å². The van der Waals surface area contributed by atoms with Crippen LogP contribution in [0.3, 0.4) is 0 Å². The monoisotopic (exact) mass is 1100 g/mol. The molecule has 0 aliphatic heterocycles. The van der Waals surface area contributed by atoms with Crippen molar-refractivity contribution in [2.45, 2.75) is 59.1 Å². The van der Waals surface area contributed by atoms with E-state index < -0.39 is 0 Å². The third-order valence-electron chi connectivity index (χ3n) is 5.65. The summed E-state index contributed by atoms with van der Waals surface area (Å²) in [7, 11) is 0. The van der Waals surface area contributed by atoms with Gasteiger partial charge in [0.1, 0.15) is 0 Å². The molecule has 0 aliphatic carbocycles. The molecule has 15 heteroatoms. The van der Waals surface area contributed by atoms with Gasteiger partial charge in [-0.2, -0.15) is 0 Å². The quantitative estimate of drug-likeness (QED) is 0.136. The Balaban J connectivity index is -0.000000165. The molecule has 5 aromatic rings. The Bertz CT molecular complexity index is 1410. The van der Waals surface area contributed by atoms with Crippen LogP contribution < -0.4 is 0 Å². The third-order valence-corrected chi connectivity index (χ3v) is 11.4. The van der Waals surface area contributed by atoms with Crippen molar-refractivity contribution in [1.29, 1.82) is 0 Å². The Morgan fingerprint density at radius 3 is 0.480 bits per heavy atom. The van der Waals surface area contributed by atoms with E-state index >= 15 is 0 Å². The predicted molar refractivity (Wildman–Crippen MR) is 236 cm³/mol. The Morgan fingerprint density at radius 2 is 0.400 bits per heavy atom. The summed E-state index contributed by atoms with van der Waals surface area (Å²) in [4.78, 5) is 4.49. The molecule has 0 spiro atoms. The average Bonchev–Trinajstić information content (AvgIpc) is 2.97. The maximum atomic E-state index is 4.94. The molecule has 0 bridgehead atoms. The SMILES string of the molecule is Cc1cc([S])ccc1Br.Cc1cc([S])ccc1Br.Cc1cc([S])ccc1Br.Cc1cc([S])ccc1Br.Cc1cc([S])ccc1Br.F.F.F.F.F. The molecule has 5 radical (unpaired) electrons. The van der Waals surface area contributed by atoms with E-state index in [1.165, 1.54) is 27.8 Å². The summed E-state index contributed by atoms with van der Waals surface area (Å²) < 4.78 is 5.61. The van der Waals surface area contributed by atoms with Crippen molar-refractivity contribution >= 4 is 143 Å². The molecule has 0 amide bonds. The Hall–Kier alpha value is -0.750. The molecule has 0 saturated heterocycles. The van der Waals surface area contributed by atoms with Gasteiger partial charge < -0.3 is 0 Å². The highest BCUT2D eigenvalue weighted by molar-refractivity contribution is 9.11. The first-order valence-corrected chi connectivity index (χ1v) is 19.2. The number of halogens is 10. The fraction of sp³-hybridized carbons (Fsp3) is 0.143. The molecule has 275 valence electrons. The molecule has 5 aromatic carbocycles. The number of hydrogen-bond acceptors (Lipinski definition) is 0. The fourth-order valence-corrected chi connectivity index (χ4v) is 5.54. The molecule has 5 rings (SSSR count). The zero-order valence-electron chi connectivity index (χ0n) is 27.1. The molecule has 0 unspecified atom stereocenters. The molecule has 50 heavy (non-hydrogen) atoms. The lowest BCUT2D eigenvalue weighted by Gasteiger charge is -1.95. The lowest BCUT2D eigenvalue weighted by Crippen LogP contribution is -1.73. The number of benzene rings is 5. The van der Waals surface area contributed by atoms with E-state index in [1.54, 1.807) is 0 Å². The Morgan fingerprint density at radius 1 is 0.280 bits per heavy atom. The summed E-state index contributed by atoms with van der Waals surface area (Å²) in [6.45, 7) is 10.1. The van der Waals surface area contributed by atoms with Gasteiger partial charge in [0.05, 0.1) is 0 Å². The molecule has 0 saturated carbocycles. The van der Waals surface area contributed by atoms with Crippen molar-refractivity contribution in [2.24, 2.45) is 0 Å². The average molecular weight is 1110 g/mol. The van der Waals surface area contributed by atoms with Gasteiger partial charge >= 0.3 is 0 Å². The first-order valence-electron chi connectivity index (χ1n) is 13.2. The van der Waals surface area contributed by atoms with Crippen LogP contribution >= 0.6 is 143 Å². The number of rotatable bonds is 0. The smallest absolute Gasteiger partial charge is 0.0380 e. The predicted octanol–water partition coefficient (Wildman–Crippen LogP) is 17.3. The van der Waals surface area contributed by atoms with Gasteiger partial charge in [0, 0.05) is 46.8 Å². The molecule has 0 nitrogen and oxygen atoms in total. The largest absolute Gasteiger partial charge is 0.269 e. The molecule has 0 N–H and O–H groups in total. The van der Waals surface area contributed by atoms with Gasteiger partial charge in [0.2, 0.25) is 0 Å². The summed E-state index contributed by atoms with van der Waals surface area (Å²) in [6.07, 6.45) is 0. The van der Waals surface area contributed by atoms with Gasteiger partial charge in [0.25, 0.3) is 0 Å². The molecular formula is C35H35Br5F5S5. The summed E-state index contributed by atoms with van der Waals surface area (Å²) in [5.74, 6) is 0. The lowest BCUT2D eigenvalue weighted by atomic mass is 10.2. The molecular weight excluding hydrogens is 1080 g/mol. The molecule has 0 aliphatic rings. The van der Waals surface area contributed by atoms with Gasteiger partial charge in [-0.25, -0.2) is 0 Å². The van der Waals surface area contributed by atoms with Crippen LogP contribution in [0.5, 0.6) is 0 Å². The molecule has 0 heterocycles. The van der Waals surface area contributed by atoms with E-state index in [0.29, 0.717) is 0 Å². The van der Waals surface area contributed by atoms with Gasteiger partial charge in [-0.3, -0.25) is 23.5 Å². The van der Waals surface area contributed by atoms with Crippen molar-refractivity contribution in [3.8, 4) is 0 Å². The minimum Gasteiger partial charge on any atom is -0.269 e. The van der Waals surface area contributed by atoms with Crippen LogP contribution in [0.4, 0.5) is 23.5 Å². The molecule has 0 fully saturated rings. The van der Waals surface area contributed by atoms with E-state index in [9.17, 15) is 0 Å². The second-order valence-corrected chi connectivity index (χ2v) is 16.2. The highest BCUT2D eigenvalue weighted by atomic mass is 79.9. The second-order valence-electron chi connectivity index (χ2n) is 9.55. The Kier molecular flexibility index (Phi) is 35.9. The minimum atomic E-state index is 0. The molecule has 0 aromatic heterocycles. The molecule has 0 atom stereocenters. The number of aryl methyl sites for hydroxylation is 5. The van der Waals surface area contributed by atoms with Crippen LogP contribution in [-0.4, -0.2) is 0 Å². The summed E-state index contributed by atoms with van der Waals surface area (Å²) in [6, 6.07) is 29.3. The van der Waals surface area contributed by atoms with Crippen LogP contribution in [0, 0.1) is 34.6 Å². The first-order chi connectivity index (χ1) is 21.0. The van der Waals surface area contributed by atoms with Gasteiger partial charge in [0.15, 0.2) is 0 Å². The first kappa shape index (κ1) is 58.6. The maximum absolute atomic E-state index is 4.94. The summed E-state index contributed by atoms with van der Waals surface area (Å²) in [5.41, 5.74) is 5.98. The fourth-order valence-electron chi connectivity index (χ4n) is 3.09. The summed E-state index contributed by atoms with van der Waals surface area (Å²) >= 11 is 41.6. The normalized spacial score (nSPS) is 8.60. The van der Waals surface area contributed by atoms with Crippen molar-refractivity contribution in [1.82, 2.24) is 0 Å². The van der Waals surface area contributed by atoms with Gasteiger partial charge in [-0.1, -0.05) is 143 Å². The summed E-state index contributed by atoms with van der Waals surface area (Å²) in [5, 5.41) is 0. The van der Waals surface area contributed by atoms with Crippen molar-refractivity contribution in [3.63, 3.8) is 0 Å². The zero-order valence-corrected chi connectivity index (χ0v) is 39.1. The van der Waals surface area contributed by atoms with Crippen LogP contribution in [0.25, 0.3) is 0 Å². The zero-order chi connectivity index (χ0) is 34.3. The van der Waals surface area contributed by atoms with Crippen molar-refractivity contribution < 1.29 is 23.5 Å². The van der Waals surface area contributed by atoms with E-state index in [1.807, 2.05) is 126 Å². The van der Waals surface area contributed by atoms with E-state index in [2.05, 4.69) is 79.6 Å². The standard InChI is InChI=1S/5C7H6BrS.5FH/c5*1-5-4-6(9)2-3-7(5)8;;;;;/h5*2-4H,1H3;5*1H. The second kappa shape index (κ2) is 30.7. The number of hydrogen-bond donors (Lipinski definition) is 0. The van der Waals surface area contributed by atoms with Crippen molar-refractivity contribution in [2.75, 3.05) is 0 Å². The van der Waals surface area contributed by atoms with Gasteiger partial charge in [-0.15, -0.1) is 0 Å². The highest BCUT2D eigenvalue weighted by Crippen LogP contribution is 2.21. The topological polar surface area (TPSA) is 0 Å².